The van der Waals surface area contributed by atoms with Gasteiger partial charge in [0.2, 0.25) is 0 Å². The second-order valence-corrected chi connectivity index (χ2v) is 5.78. The van der Waals surface area contributed by atoms with Gasteiger partial charge in [-0.15, -0.1) is 0 Å². The number of rotatable bonds is 5. The van der Waals surface area contributed by atoms with Gasteiger partial charge in [-0.2, -0.15) is 0 Å². The molecule has 1 saturated carbocycles. The molecule has 1 atom stereocenters. The van der Waals surface area contributed by atoms with Crippen LogP contribution in [0.1, 0.15) is 49.4 Å². The Kier molecular flexibility index (Phi) is 5.31. The van der Waals surface area contributed by atoms with E-state index in [0.29, 0.717) is 24.0 Å². The van der Waals surface area contributed by atoms with Crippen molar-refractivity contribution in [3.05, 3.63) is 39.9 Å². The molecule has 0 radical (unpaired) electrons. The van der Waals surface area contributed by atoms with Crippen LogP contribution in [-0.4, -0.2) is 17.5 Å². The molecule has 1 aliphatic carbocycles. The molecule has 2 rings (SSSR count). The predicted octanol–water partition coefficient (Wildman–Crippen LogP) is 3.97. The largest absolute Gasteiger partial charge is 0.462 e. The summed E-state index contributed by atoms with van der Waals surface area (Å²) in [5.74, 6) is 0.600. The maximum atomic E-state index is 11.9. The molecule has 1 fully saturated rings. The second kappa shape index (κ2) is 7.20. The van der Waals surface area contributed by atoms with Crippen LogP contribution in [0.25, 0.3) is 0 Å². The fourth-order valence-corrected chi connectivity index (χ4v) is 2.85. The number of ether oxygens (including phenoxy) is 1. The second-order valence-electron chi connectivity index (χ2n) is 5.78. The van der Waals surface area contributed by atoms with Crippen LogP contribution >= 0.6 is 0 Å². The molecular formula is C16H21NO4. The first-order valence-electron chi connectivity index (χ1n) is 7.49. The van der Waals surface area contributed by atoms with Crippen LogP contribution in [0.2, 0.25) is 0 Å². The van der Waals surface area contributed by atoms with Crippen LogP contribution in [0.4, 0.5) is 5.69 Å². The summed E-state index contributed by atoms with van der Waals surface area (Å²) in [7, 11) is 0. The van der Waals surface area contributed by atoms with E-state index >= 15 is 0 Å². The van der Waals surface area contributed by atoms with Crippen molar-refractivity contribution in [2.24, 2.45) is 11.8 Å². The molecule has 0 amide bonds. The molecule has 21 heavy (non-hydrogen) atoms. The minimum atomic E-state index is -0.486. The number of nitro groups is 1. The van der Waals surface area contributed by atoms with Crippen molar-refractivity contribution in [1.29, 1.82) is 0 Å². The van der Waals surface area contributed by atoms with E-state index in [4.69, 9.17) is 4.74 Å². The molecule has 0 aliphatic heterocycles. The molecule has 0 spiro atoms. The topological polar surface area (TPSA) is 69.4 Å². The Balaban J connectivity index is 1.84. The maximum Gasteiger partial charge on any atom is 0.338 e. The van der Waals surface area contributed by atoms with Crippen molar-refractivity contribution >= 4 is 11.7 Å². The number of carbonyl (C=O) groups is 1. The molecule has 0 aromatic heterocycles. The van der Waals surface area contributed by atoms with Gasteiger partial charge < -0.3 is 4.74 Å². The first-order chi connectivity index (χ1) is 10.1. The Morgan fingerprint density at radius 3 is 2.48 bits per heavy atom. The lowest BCUT2D eigenvalue weighted by Crippen LogP contribution is -2.21. The van der Waals surface area contributed by atoms with Crippen molar-refractivity contribution in [3.8, 4) is 0 Å². The Morgan fingerprint density at radius 2 is 1.90 bits per heavy atom. The van der Waals surface area contributed by atoms with Gasteiger partial charge in [0.15, 0.2) is 0 Å². The van der Waals surface area contributed by atoms with E-state index in [0.717, 1.165) is 0 Å². The molecule has 5 heteroatoms. The molecule has 5 nitrogen and oxygen atoms in total. The quantitative estimate of drug-likeness (QED) is 0.467. The molecule has 1 aliphatic rings. The zero-order valence-corrected chi connectivity index (χ0v) is 12.3. The highest BCUT2D eigenvalue weighted by atomic mass is 16.6. The van der Waals surface area contributed by atoms with Gasteiger partial charge in [0, 0.05) is 12.1 Å². The molecule has 1 aromatic rings. The molecule has 1 unspecified atom stereocenters. The normalized spacial score (nSPS) is 17.2. The highest BCUT2D eigenvalue weighted by Gasteiger charge is 2.21. The van der Waals surface area contributed by atoms with Crippen LogP contribution in [0, 0.1) is 22.0 Å². The van der Waals surface area contributed by atoms with Crippen LogP contribution in [0.3, 0.4) is 0 Å². The summed E-state index contributed by atoms with van der Waals surface area (Å²) < 4.78 is 5.33. The van der Waals surface area contributed by atoms with Crippen molar-refractivity contribution in [2.45, 2.75) is 39.0 Å². The third-order valence-electron chi connectivity index (χ3n) is 4.25. The fourth-order valence-electron chi connectivity index (χ4n) is 2.85. The van der Waals surface area contributed by atoms with Gasteiger partial charge in [0.25, 0.3) is 5.69 Å². The summed E-state index contributed by atoms with van der Waals surface area (Å²) in [5.41, 5.74) is 0.332. The van der Waals surface area contributed by atoms with Gasteiger partial charge in [-0.3, -0.25) is 10.1 Å². The lowest BCUT2D eigenvalue weighted by atomic mass is 9.81. The average molecular weight is 291 g/mol. The molecule has 0 saturated heterocycles. The first kappa shape index (κ1) is 15.5. The van der Waals surface area contributed by atoms with Crippen molar-refractivity contribution in [2.75, 3.05) is 6.61 Å². The van der Waals surface area contributed by atoms with E-state index in [2.05, 4.69) is 6.92 Å². The van der Waals surface area contributed by atoms with Gasteiger partial charge in [0.05, 0.1) is 17.1 Å². The molecule has 1 aromatic carbocycles. The molecule has 0 heterocycles. The van der Waals surface area contributed by atoms with Crippen LogP contribution in [0.15, 0.2) is 24.3 Å². The zero-order valence-electron chi connectivity index (χ0n) is 12.3. The van der Waals surface area contributed by atoms with Crippen LogP contribution in [0.5, 0.6) is 0 Å². The summed E-state index contributed by atoms with van der Waals surface area (Å²) in [5, 5.41) is 10.6. The van der Waals surface area contributed by atoms with E-state index in [9.17, 15) is 14.9 Å². The van der Waals surface area contributed by atoms with E-state index < -0.39 is 10.9 Å². The smallest absolute Gasteiger partial charge is 0.338 e. The molecule has 0 bridgehead atoms. The van der Waals surface area contributed by atoms with Crippen molar-refractivity contribution < 1.29 is 14.5 Å². The van der Waals surface area contributed by atoms with Gasteiger partial charge in [-0.05, 0) is 24.0 Å². The minimum Gasteiger partial charge on any atom is -0.462 e. The van der Waals surface area contributed by atoms with Crippen molar-refractivity contribution in [3.63, 3.8) is 0 Å². The fraction of sp³-hybridized carbons (Fsp3) is 0.562. The first-order valence-corrected chi connectivity index (χ1v) is 7.49. The van der Waals surface area contributed by atoms with Gasteiger partial charge in [-0.25, -0.2) is 4.79 Å². The monoisotopic (exact) mass is 291 g/mol. The predicted molar refractivity (Wildman–Crippen MR) is 79.1 cm³/mol. The summed E-state index contributed by atoms with van der Waals surface area (Å²) in [6, 6.07) is 5.51. The number of carbonyl (C=O) groups excluding carboxylic acids is 1. The van der Waals surface area contributed by atoms with Gasteiger partial charge in [-0.1, -0.05) is 39.0 Å². The SMILES string of the molecule is CC(COC(=O)c1ccc([N+](=O)[O-])cc1)C1CCCCC1. The summed E-state index contributed by atoms with van der Waals surface area (Å²) in [6.45, 7) is 2.54. The summed E-state index contributed by atoms with van der Waals surface area (Å²) in [4.78, 5) is 22.0. The lowest BCUT2D eigenvalue weighted by molar-refractivity contribution is -0.384. The number of nitro benzene ring substituents is 1. The number of esters is 1. The third kappa shape index (κ3) is 4.28. The molecule has 0 N–H and O–H groups in total. The number of benzene rings is 1. The van der Waals surface area contributed by atoms with Gasteiger partial charge in [0.1, 0.15) is 0 Å². The Bertz CT molecular complexity index is 492. The highest BCUT2D eigenvalue weighted by Crippen LogP contribution is 2.30. The standard InChI is InChI=1S/C16H21NO4/c1-12(13-5-3-2-4-6-13)11-21-16(18)14-7-9-15(10-8-14)17(19)20/h7-10,12-13H,2-6,11H2,1H3. The highest BCUT2D eigenvalue weighted by molar-refractivity contribution is 5.89. The van der Waals surface area contributed by atoms with Crippen molar-refractivity contribution in [1.82, 2.24) is 0 Å². The minimum absolute atomic E-state index is 0.0258. The lowest BCUT2D eigenvalue weighted by Gasteiger charge is -2.27. The average Bonchev–Trinajstić information content (AvgIpc) is 2.53. The Hall–Kier alpha value is -1.91. The van der Waals surface area contributed by atoms with Crippen LogP contribution in [-0.2, 0) is 4.74 Å². The zero-order chi connectivity index (χ0) is 15.2. The van der Waals surface area contributed by atoms with Crippen LogP contribution < -0.4 is 0 Å². The van der Waals surface area contributed by atoms with E-state index in [1.54, 1.807) is 0 Å². The third-order valence-corrected chi connectivity index (χ3v) is 4.25. The van der Waals surface area contributed by atoms with E-state index in [-0.39, 0.29) is 5.69 Å². The molecule has 114 valence electrons. The molecular weight excluding hydrogens is 270 g/mol. The Morgan fingerprint density at radius 1 is 1.29 bits per heavy atom. The maximum absolute atomic E-state index is 11.9. The Labute approximate surface area is 124 Å². The van der Waals surface area contributed by atoms with Gasteiger partial charge >= 0.3 is 5.97 Å². The van der Waals surface area contributed by atoms with E-state index in [1.807, 2.05) is 0 Å². The summed E-state index contributed by atoms with van der Waals surface area (Å²) in [6.07, 6.45) is 6.29. The number of hydrogen-bond donors (Lipinski definition) is 0. The number of non-ortho nitro benzene ring substituents is 1. The number of nitrogens with zero attached hydrogens (tertiary/aromatic N) is 1. The van der Waals surface area contributed by atoms with E-state index in [1.165, 1.54) is 56.4 Å². The summed E-state index contributed by atoms with van der Waals surface area (Å²) >= 11 is 0. The number of hydrogen-bond acceptors (Lipinski definition) is 4.